The third-order valence-electron chi connectivity index (χ3n) is 3.50. The van der Waals surface area contributed by atoms with E-state index in [0.29, 0.717) is 4.90 Å². The third-order valence-corrected chi connectivity index (χ3v) is 5.13. The highest BCUT2D eigenvalue weighted by atomic mass is 79.9. The summed E-state index contributed by atoms with van der Waals surface area (Å²) < 4.78 is 24.9. The van der Waals surface area contributed by atoms with Crippen LogP contribution in [0.4, 0.5) is 5.69 Å². The maximum Gasteiger partial charge on any atom is 0.177 e. The molecule has 1 aliphatic rings. The lowest BCUT2D eigenvalue weighted by Gasteiger charge is -2.20. The lowest BCUT2D eigenvalue weighted by molar-refractivity contribution is 0.601. The van der Waals surface area contributed by atoms with Gasteiger partial charge in [0.1, 0.15) is 0 Å². The van der Waals surface area contributed by atoms with Crippen LogP contribution < -0.4 is 4.90 Å². The molecule has 1 aliphatic heterocycles. The summed E-state index contributed by atoms with van der Waals surface area (Å²) in [4.78, 5) is 2.50. The van der Waals surface area contributed by atoms with Gasteiger partial charge in [0.2, 0.25) is 0 Å². The monoisotopic (exact) mass is 351 g/mol. The quantitative estimate of drug-likeness (QED) is 0.832. The molecule has 0 amide bonds. The first kappa shape index (κ1) is 13.6. The van der Waals surface area contributed by atoms with Gasteiger partial charge >= 0.3 is 0 Å². The molecule has 0 aromatic heterocycles. The molecule has 0 atom stereocenters. The summed E-state index contributed by atoms with van der Waals surface area (Å²) in [5.74, 6) is 0. The van der Waals surface area contributed by atoms with Crippen LogP contribution in [0.3, 0.4) is 0 Å². The van der Waals surface area contributed by atoms with E-state index >= 15 is 0 Å². The van der Waals surface area contributed by atoms with Crippen molar-refractivity contribution in [1.29, 1.82) is 0 Å². The molecule has 3 rings (SSSR count). The molecular weight excluding hydrogens is 338 g/mol. The van der Waals surface area contributed by atoms with Crippen molar-refractivity contribution in [3.63, 3.8) is 0 Å². The van der Waals surface area contributed by atoms with E-state index in [2.05, 4.69) is 33.0 Å². The van der Waals surface area contributed by atoms with Crippen molar-refractivity contribution in [1.82, 2.24) is 0 Å². The Morgan fingerprint density at radius 2 is 1.75 bits per heavy atom. The molecule has 3 nitrogen and oxygen atoms in total. The number of benzene rings is 2. The Morgan fingerprint density at radius 3 is 2.50 bits per heavy atom. The van der Waals surface area contributed by atoms with Crippen LogP contribution in [0.5, 0.6) is 0 Å². The van der Waals surface area contributed by atoms with Gasteiger partial charge in [-0.3, -0.25) is 0 Å². The smallest absolute Gasteiger partial charge is 0.177 e. The van der Waals surface area contributed by atoms with E-state index in [1.54, 1.807) is 12.1 Å². The topological polar surface area (TPSA) is 37.4 Å². The molecule has 0 bridgehead atoms. The molecule has 2 aromatic carbocycles. The lowest BCUT2D eigenvalue weighted by Crippen LogP contribution is -2.17. The first-order valence-electron chi connectivity index (χ1n) is 6.26. The second-order valence-electron chi connectivity index (χ2n) is 5.01. The van der Waals surface area contributed by atoms with Gasteiger partial charge in [0.15, 0.2) is 9.84 Å². The van der Waals surface area contributed by atoms with Crippen LogP contribution >= 0.6 is 15.9 Å². The van der Waals surface area contributed by atoms with Crippen LogP contribution in [0, 0.1) is 0 Å². The van der Waals surface area contributed by atoms with Crippen molar-refractivity contribution in [2.45, 2.75) is 18.0 Å². The minimum absolute atomic E-state index is 0.395. The standard InChI is InChI=1S/C15H14BrNO2S/c1-20(18,19)15-5-3-2-4-14(15)17-9-11-6-7-13(16)8-12(11)10-17/h2-8H,9-10H2,1H3. The fourth-order valence-electron chi connectivity index (χ4n) is 2.57. The zero-order valence-electron chi connectivity index (χ0n) is 11.0. The number of rotatable bonds is 2. The number of halogens is 1. The molecule has 5 heteroatoms. The SMILES string of the molecule is CS(=O)(=O)c1ccccc1N1Cc2ccc(Br)cc2C1. The minimum Gasteiger partial charge on any atom is -0.362 e. The largest absolute Gasteiger partial charge is 0.362 e. The van der Waals surface area contributed by atoms with Crippen LogP contribution in [0.2, 0.25) is 0 Å². The Morgan fingerprint density at radius 1 is 1.05 bits per heavy atom. The average Bonchev–Trinajstić information content (AvgIpc) is 2.80. The summed E-state index contributed by atoms with van der Waals surface area (Å²) in [6, 6.07) is 13.4. The van der Waals surface area contributed by atoms with E-state index in [0.717, 1.165) is 23.2 Å². The molecule has 0 N–H and O–H groups in total. The molecule has 0 aliphatic carbocycles. The Balaban J connectivity index is 2.02. The molecule has 2 aromatic rings. The maximum absolute atomic E-state index is 11.9. The highest BCUT2D eigenvalue weighted by molar-refractivity contribution is 9.10. The number of hydrogen-bond donors (Lipinski definition) is 0. The molecule has 0 saturated carbocycles. The van der Waals surface area contributed by atoms with Gasteiger partial charge in [0.05, 0.1) is 10.6 Å². The van der Waals surface area contributed by atoms with E-state index < -0.39 is 9.84 Å². The first-order chi connectivity index (χ1) is 9.45. The summed E-state index contributed by atoms with van der Waals surface area (Å²) >= 11 is 3.47. The van der Waals surface area contributed by atoms with E-state index in [-0.39, 0.29) is 0 Å². The molecule has 0 saturated heterocycles. The minimum atomic E-state index is -3.22. The van der Waals surface area contributed by atoms with E-state index in [1.807, 2.05) is 18.2 Å². The van der Waals surface area contributed by atoms with Crippen molar-refractivity contribution in [3.8, 4) is 0 Å². The summed E-state index contributed by atoms with van der Waals surface area (Å²) in [6.07, 6.45) is 1.26. The highest BCUT2D eigenvalue weighted by Gasteiger charge is 2.23. The van der Waals surface area contributed by atoms with Gasteiger partial charge < -0.3 is 4.90 Å². The van der Waals surface area contributed by atoms with Gasteiger partial charge in [-0.05, 0) is 35.4 Å². The summed E-state index contributed by atoms with van der Waals surface area (Å²) in [5, 5.41) is 0. The number of sulfone groups is 1. The summed E-state index contributed by atoms with van der Waals surface area (Å²) in [5.41, 5.74) is 3.27. The predicted molar refractivity (Wildman–Crippen MR) is 83.6 cm³/mol. The molecule has 1 heterocycles. The fourth-order valence-corrected chi connectivity index (χ4v) is 3.88. The Hall–Kier alpha value is -1.33. The van der Waals surface area contributed by atoms with Gasteiger partial charge in [0, 0.05) is 23.8 Å². The van der Waals surface area contributed by atoms with Gasteiger partial charge in [-0.2, -0.15) is 0 Å². The van der Waals surface area contributed by atoms with Gasteiger partial charge in [-0.15, -0.1) is 0 Å². The van der Waals surface area contributed by atoms with Crippen molar-refractivity contribution in [2.75, 3.05) is 11.2 Å². The van der Waals surface area contributed by atoms with E-state index in [1.165, 1.54) is 17.4 Å². The van der Waals surface area contributed by atoms with E-state index in [9.17, 15) is 8.42 Å². The lowest BCUT2D eigenvalue weighted by atomic mass is 10.1. The second kappa shape index (κ2) is 4.90. The highest BCUT2D eigenvalue weighted by Crippen LogP contribution is 2.33. The third kappa shape index (κ3) is 2.47. The number of anilines is 1. The molecule has 0 spiro atoms. The number of fused-ring (bicyclic) bond motifs is 1. The molecule has 0 radical (unpaired) electrons. The van der Waals surface area contributed by atoms with Gasteiger partial charge in [0.25, 0.3) is 0 Å². The zero-order chi connectivity index (χ0) is 14.3. The molecule has 104 valence electrons. The van der Waals surface area contributed by atoms with Gasteiger partial charge in [-0.1, -0.05) is 34.1 Å². The predicted octanol–water partition coefficient (Wildman–Crippen LogP) is 3.37. The van der Waals surface area contributed by atoms with Crippen molar-refractivity contribution in [3.05, 3.63) is 58.1 Å². The molecular formula is C15H14BrNO2S. The maximum atomic E-state index is 11.9. The van der Waals surface area contributed by atoms with Crippen LogP contribution in [-0.4, -0.2) is 14.7 Å². The summed E-state index contributed by atoms with van der Waals surface area (Å²) in [7, 11) is -3.22. The van der Waals surface area contributed by atoms with Crippen LogP contribution in [0.1, 0.15) is 11.1 Å². The normalized spacial score (nSPS) is 14.4. The first-order valence-corrected chi connectivity index (χ1v) is 8.95. The Kier molecular flexibility index (Phi) is 3.34. The molecule has 20 heavy (non-hydrogen) atoms. The molecule has 0 fully saturated rings. The number of nitrogens with zero attached hydrogens (tertiary/aromatic N) is 1. The number of para-hydroxylation sites is 1. The van der Waals surface area contributed by atoms with Crippen molar-refractivity contribution < 1.29 is 8.42 Å². The van der Waals surface area contributed by atoms with Crippen LogP contribution in [0.15, 0.2) is 51.8 Å². The van der Waals surface area contributed by atoms with Crippen molar-refractivity contribution >= 4 is 31.5 Å². The number of hydrogen-bond acceptors (Lipinski definition) is 3. The second-order valence-corrected chi connectivity index (χ2v) is 7.91. The summed E-state index contributed by atoms with van der Waals surface area (Å²) in [6.45, 7) is 1.48. The average molecular weight is 352 g/mol. The Bertz CT molecular complexity index is 771. The van der Waals surface area contributed by atoms with Crippen LogP contribution in [0.25, 0.3) is 0 Å². The van der Waals surface area contributed by atoms with Crippen molar-refractivity contribution in [2.24, 2.45) is 0 Å². The molecule has 0 unspecified atom stereocenters. The van der Waals surface area contributed by atoms with Gasteiger partial charge in [-0.25, -0.2) is 8.42 Å². The van der Waals surface area contributed by atoms with Crippen LogP contribution in [-0.2, 0) is 22.9 Å². The zero-order valence-corrected chi connectivity index (χ0v) is 13.4. The fraction of sp³-hybridized carbons (Fsp3) is 0.200. The Labute approximate surface area is 127 Å². The van der Waals surface area contributed by atoms with E-state index in [4.69, 9.17) is 0 Å².